The molecule has 20 heavy (non-hydrogen) atoms. The Morgan fingerprint density at radius 2 is 1.50 bits per heavy atom. The summed E-state index contributed by atoms with van der Waals surface area (Å²) in [4.78, 5) is 11.5. The summed E-state index contributed by atoms with van der Waals surface area (Å²) in [7, 11) is 0. The summed E-state index contributed by atoms with van der Waals surface area (Å²) in [6, 6.07) is 17.7. The Balaban J connectivity index is 2.34. The molecule has 96 valence electrons. The number of thiophene rings is 1. The maximum absolute atomic E-state index is 11.5. The highest BCUT2D eigenvalue weighted by atomic mass is 32.1. The second kappa shape index (κ2) is 4.05. The Labute approximate surface area is 118 Å². The molecule has 0 atom stereocenters. The van der Waals surface area contributed by atoms with Gasteiger partial charge < -0.3 is 5.11 Å². The molecule has 3 heteroatoms. The number of benzene rings is 3. The molecule has 0 spiro atoms. The predicted molar refractivity (Wildman–Crippen MR) is 83.8 cm³/mol. The predicted octanol–water partition coefficient (Wildman–Crippen LogP) is 4.91. The molecule has 3 aromatic carbocycles. The van der Waals surface area contributed by atoms with Crippen molar-refractivity contribution in [2.45, 2.75) is 0 Å². The lowest BCUT2D eigenvalue weighted by molar-refractivity contribution is 0.0699. The SMILES string of the molecule is O=C(O)c1cc2sc3ccccc3c2c2ccccc12. The van der Waals surface area contributed by atoms with E-state index in [9.17, 15) is 9.90 Å². The number of carbonyl (C=O) groups is 1. The first-order chi connectivity index (χ1) is 9.75. The van der Waals surface area contributed by atoms with Crippen LogP contribution in [0.2, 0.25) is 0 Å². The zero-order chi connectivity index (χ0) is 13.7. The van der Waals surface area contributed by atoms with Gasteiger partial charge in [0.25, 0.3) is 0 Å². The van der Waals surface area contributed by atoms with E-state index in [1.165, 1.54) is 10.1 Å². The maximum Gasteiger partial charge on any atom is 0.336 e. The van der Waals surface area contributed by atoms with Gasteiger partial charge in [-0.25, -0.2) is 4.79 Å². The third-order valence-corrected chi connectivity index (χ3v) is 4.73. The van der Waals surface area contributed by atoms with Crippen LogP contribution in [0.1, 0.15) is 10.4 Å². The van der Waals surface area contributed by atoms with Crippen LogP contribution >= 0.6 is 11.3 Å². The second-order valence-electron chi connectivity index (χ2n) is 4.75. The largest absolute Gasteiger partial charge is 0.478 e. The summed E-state index contributed by atoms with van der Waals surface area (Å²) in [5, 5.41) is 13.6. The Morgan fingerprint density at radius 3 is 2.25 bits per heavy atom. The maximum atomic E-state index is 11.5. The first-order valence-electron chi connectivity index (χ1n) is 6.32. The van der Waals surface area contributed by atoms with Gasteiger partial charge in [0.15, 0.2) is 0 Å². The number of carboxylic acids is 1. The van der Waals surface area contributed by atoms with Gasteiger partial charge in [-0.2, -0.15) is 0 Å². The highest BCUT2D eigenvalue weighted by Gasteiger charge is 2.15. The summed E-state index contributed by atoms with van der Waals surface area (Å²) in [5.74, 6) is -0.874. The Kier molecular flexibility index (Phi) is 2.32. The smallest absolute Gasteiger partial charge is 0.336 e. The third-order valence-electron chi connectivity index (χ3n) is 3.62. The number of hydrogen-bond acceptors (Lipinski definition) is 2. The molecule has 0 amide bonds. The normalized spacial score (nSPS) is 11.4. The van der Waals surface area contributed by atoms with Crippen LogP contribution in [0.4, 0.5) is 0 Å². The summed E-state index contributed by atoms with van der Waals surface area (Å²) in [6.07, 6.45) is 0. The van der Waals surface area contributed by atoms with Crippen LogP contribution in [0.15, 0.2) is 54.6 Å². The van der Waals surface area contributed by atoms with Crippen LogP contribution in [-0.2, 0) is 0 Å². The lowest BCUT2D eigenvalue weighted by Gasteiger charge is -2.04. The van der Waals surface area contributed by atoms with E-state index < -0.39 is 5.97 Å². The van der Waals surface area contributed by atoms with Crippen molar-refractivity contribution in [2.75, 3.05) is 0 Å². The van der Waals surface area contributed by atoms with Gasteiger partial charge in [-0.15, -0.1) is 11.3 Å². The van der Waals surface area contributed by atoms with Gasteiger partial charge in [0.05, 0.1) is 5.56 Å². The summed E-state index contributed by atoms with van der Waals surface area (Å²) >= 11 is 1.64. The van der Waals surface area contributed by atoms with Gasteiger partial charge in [0.1, 0.15) is 0 Å². The van der Waals surface area contributed by atoms with E-state index in [2.05, 4.69) is 12.1 Å². The molecule has 4 aromatic rings. The Morgan fingerprint density at radius 1 is 0.850 bits per heavy atom. The molecule has 0 unspecified atom stereocenters. The van der Waals surface area contributed by atoms with E-state index >= 15 is 0 Å². The molecular weight excluding hydrogens is 268 g/mol. The van der Waals surface area contributed by atoms with Crippen molar-refractivity contribution in [1.29, 1.82) is 0 Å². The first-order valence-corrected chi connectivity index (χ1v) is 7.13. The van der Waals surface area contributed by atoms with E-state index in [4.69, 9.17) is 0 Å². The van der Waals surface area contributed by atoms with E-state index in [1.54, 1.807) is 17.4 Å². The van der Waals surface area contributed by atoms with Crippen molar-refractivity contribution in [2.24, 2.45) is 0 Å². The first kappa shape index (κ1) is 11.4. The molecule has 0 saturated heterocycles. The minimum absolute atomic E-state index is 0.375. The molecule has 4 rings (SSSR count). The van der Waals surface area contributed by atoms with Crippen molar-refractivity contribution in [3.8, 4) is 0 Å². The fraction of sp³-hybridized carbons (Fsp3) is 0. The third kappa shape index (κ3) is 1.47. The number of rotatable bonds is 1. The molecule has 2 nitrogen and oxygen atoms in total. The molecule has 1 heterocycles. The monoisotopic (exact) mass is 278 g/mol. The summed E-state index contributed by atoms with van der Waals surface area (Å²) in [6.45, 7) is 0. The van der Waals surface area contributed by atoms with Crippen LogP contribution in [-0.4, -0.2) is 11.1 Å². The van der Waals surface area contributed by atoms with Crippen molar-refractivity contribution in [1.82, 2.24) is 0 Å². The topological polar surface area (TPSA) is 37.3 Å². The fourth-order valence-electron chi connectivity index (χ4n) is 2.77. The highest BCUT2D eigenvalue weighted by Crippen LogP contribution is 2.39. The fourth-order valence-corrected chi connectivity index (χ4v) is 3.93. The van der Waals surface area contributed by atoms with Gasteiger partial charge in [-0.1, -0.05) is 42.5 Å². The molecule has 1 N–H and O–H groups in total. The molecule has 0 aliphatic rings. The standard InChI is InChI=1S/C17H10O2S/c18-17(19)13-9-15-16(11-6-2-1-5-10(11)13)12-7-3-4-8-14(12)20-15/h1-9H,(H,18,19). The van der Waals surface area contributed by atoms with E-state index in [-0.39, 0.29) is 0 Å². The minimum atomic E-state index is -0.874. The van der Waals surface area contributed by atoms with Gasteiger partial charge in [0.2, 0.25) is 0 Å². The van der Waals surface area contributed by atoms with Crippen LogP contribution in [0.3, 0.4) is 0 Å². The average Bonchev–Trinajstić information content (AvgIpc) is 2.84. The molecule has 0 aliphatic heterocycles. The van der Waals surface area contributed by atoms with Crippen LogP contribution < -0.4 is 0 Å². The molecule has 1 aromatic heterocycles. The average molecular weight is 278 g/mol. The van der Waals surface area contributed by atoms with Gasteiger partial charge >= 0.3 is 5.97 Å². The van der Waals surface area contributed by atoms with E-state index in [0.717, 1.165) is 20.9 Å². The number of fused-ring (bicyclic) bond motifs is 5. The number of aromatic carboxylic acids is 1. The molecule has 0 bridgehead atoms. The summed E-state index contributed by atoms with van der Waals surface area (Å²) in [5.41, 5.74) is 0.375. The van der Waals surface area contributed by atoms with Crippen molar-refractivity contribution >= 4 is 48.3 Å². The Bertz CT molecular complexity index is 982. The van der Waals surface area contributed by atoms with Gasteiger partial charge in [0, 0.05) is 20.2 Å². The zero-order valence-corrected chi connectivity index (χ0v) is 11.3. The highest BCUT2D eigenvalue weighted by molar-refractivity contribution is 7.26. The number of carboxylic acid groups (broad SMARTS) is 1. The molecular formula is C17H10O2S. The van der Waals surface area contributed by atoms with Crippen molar-refractivity contribution in [3.05, 3.63) is 60.2 Å². The van der Waals surface area contributed by atoms with E-state index in [0.29, 0.717) is 5.56 Å². The molecule has 0 fully saturated rings. The van der Waals surface area contributed by atoms with Gasteiger partial charge in [-0.3, -0.25) is 0 Å². The van der Waals surface area contributed by atoms with Gasteiger partial charge in [-0.05, 0) is 22.9 Å². The van der Waals surface area contributed by atoms with Crippen molar-refractivity contribution in [3.63, 3.8) is 0 Å². The minimum Gasteiger partial charge on any atom is -0.478 e. The molecule has 0 saturated carbocycles. The lowest BCUT2D eigenvalue weighted by Crippen LogP contribution is -1.97. The summed E-state index contributed by atoms with van der Waals surface area (Å²) < 4.78 is 2.22. The van der Waals surface area contributed by atoms with Crippen LogP contribution in [0.25, 0.3) is 30.9 Å². The molecule has 0 radical (unpaired) electrons. The quantitative estimate of drug-likeness (QED) is 0.537. The zero-order valence-electron chi connectivity index (χ0n) is 10.5. The van der Waals surface area contributed by atoms with Crippen LogP contribution in [0.5, 0.6) is 0 Å². The van der Waals surface area contributed by atoms with Crippen LogP contribution in [0, 0.1) is 0 Å². The Hall–Kier alpha value is -2.39. The lowest BCUT2D eigenvalue weighted by atomic mass is 9.99. The molecule has 0 aliphatic carbocycles. The van der Waals surface area contributed by atoms with E-state index in [1.807, 2.05) is 36.4 Å². The van der Waals surface area contributed by atoms with Crippen molar-refractivity contribution < 1.29 is 9.90 Å². The number of hydrogen-bond donors (Lipinski definition) is 1. The second-order valence-corrected chi connectivity index (χ2v) is 5.83.